The highest BCUT2D eigenvalue weighted by atomic mass is 16.2. The molecular weight excluding hydrogens is 294 g/mol. The number of nitrogens with one attached hydrogen (secondary N) is 1. The lowest BCUT2D eigenvalue weighted by atomic mass is 10.1. The Morgan fingerprint density at radius 2 is 1.48 bits per heavy atom. The van der Waals surface area contributed by atoms with Crippen LogP contribution >= 0.6 is 0 Å². The Morgan fingerprint density at radius 3 is 2.17 bits per heavy atom. The number of H-pyrrole nitrogens is 1. The van der Waals surface area contributed by atoms with E-state index in [1.54, 1.807) is 48.5 Å². The highest BCUT2D eigenvalue weighted by Gasteiger charge is 2.35. The second-order valence-electron chi connectivity index (χ2n) is 5.27. The van der Waals surface area contributed by atoms with E-state index in [1.165, 1.54) is 0 Å². The normalized spacial score (nSPS) is 13.7. The molecule has 0 bridgehead atoms. The van der Waals surface area contributed by atoms with Gasteiger partial charge in [-0.25, -0.2) is 4.98 Å². The Kier molecular flexibility index (Phi) is 2.84. The number of aromatic nitrogens is 2. The van der Waals surface area contributed by atoms with Gasteiger partial charge in [-0.05, 0) is 24.3 Å². The second kappa shape index (κ2) is 4.88. The van der Waals surface area contributed by atoms with Crippen LogP contribution in [0.5, 0.6) is 0 Å². The van der Waals surface area contributed by atoms with Crippen LogP contribution in [0.1, 0.15) is 26.5 Å². The predicted molar refractivity (Wildman–Crippen MR) is 83.0 cm³/mol. The van der Waals surface area contributed by atoms with Crippen molar-refractivity contribution in [1.82, 2.24) is 14.9 Å². The molecule has 0 unspecified atom stereocenters. The van der Waals surface area contributed by atoms with Crippen LogP contribution in [-0.4, -0.2) is 26.7 Å². The number of nitrogens with zero attached hydrogens (tertiary/aromatic N) is 2. The topological polar surface area (TPSA) is 83.1 Å². The molecule has 0 aliphatic carbocycles. The summed E-state index contributed by atoms with van der Waals surface area (Å²) >= 11 is 0. The van der Waals surface area contributed by atoms with Crippen LogP contribution in [-0.2, 0) is 6.54 Å². The number of amides is 2. The third kappa shape index (κ3) is 2.03. The molecular formula is C17H11N3O3. The first-order valence-electron chi connectivity index (χ1n) is 7.08. The average molecular weight is 305 g/mol. The summed E-state index contributed by atoms with van der Waals surface area (Å²) in [6.45, 7) is -0.0631. The van der Waals surface area contributed by atoms with Gasteiger partial charge in [0.05, 0.1) is 28.6 Å². The minimum Gasteiger partial charge on any atom is -0.308 e. The van der Waals surface area contributed by atoms with Crippen molar-refractivity contribution < 1.29 is 9.59 Å². The van der Waals surface area contributed by atoms with Gasteiger partial charge in [-0.15, -0.1) is 0 Å². The molecule has 0 saturated carbocycles. The second-order valence-corrected chi connectivity index (χ2v) is 5.27. The maximum Gasteiger partial charge on any atom is 0.261 e. The molecule has 1 aliphatic heterocycles. The molecule has 0 saturated heterocycles. The maximum atomic E-state index is 12.3. The minimum atomic E-state index is -0.374. The van der Waals surface area contributed by atoms with Gasteiger partial charge in [0.25, 0.3) is 17.4 Å². The van der Waals surface area contributed by atoms with Crippen LogP contribution < -0.4 is 5.56 Å². The molecule has 2 heterocycles. The van der Waals surface area contributed by atoms with E-state index in [2.05, 4.69) is 9.97 Å². The number of rotatable bonds is 2. The smallest absolute Gasteiger partial charge is 0.261 e. The number of hydrogen-bond acceptors (Lipinski definition) is 4. The molecule has 0 spiro atoms. The van der Waals surface area contributed by atoms with Gasteiger partial charge < -0.3 is 4.98 Å². The molecule has 2 aromatic carbocycles. The fraction of sp³-hybridized carbons (Fsp3) is 0.0588. The number of fused-ring (bicyclic) bond motifs is 2. The van der Waals surface area contributed by atoms with Crippen LogP contribution in [0.2, 0.25) is 0 Å². The zero-order valence-electron chi connectivity index (χ0n) is 11.9. The van der Waals surface area contributed by atoms with E-state index in [-0.39, 0.29) is 29.7 Å². The quantitative estimate of drug-likeness (QED) is 0.731. The van der Waals surface area contributed by atoms with Gasteiger partial charge in [0.2, 0.25) is 0 Å². The van der Waals surface area contributed by atoms with Crippen LogP contribution in [0.4, 0.5) is 0 Å². The van der Waals surface area contributed by atoms with Crippen LogP contribution in [0.25, 0.3) is 10.9 Å². The largest absolute Gasteiger partial charge is 0.308 e. The van der Waals surface area contributed by atoms with Crippen LogP contribution in [0, 0.1) is 0 Å². The lowest BCUT2D eigenvalue weighted by molar-refractivity contribution is 0.0638. The first-order valence-corrected chi connectivity index (χ1v) is 7.08. The summed E-state index contributed by atoms with van der Waals surface area (Å²) in [4.78, 5) is 44.8. The first-order chi connectivity index (χ1) is 11.1. The molecule has 6 heteroatoms. The van der Waals surface area contributed by atoms with Crippen LogP contribution in [0.3, 0.4) is 0 Å². The highest BCUT2D eigenvalue weighted by Crippen LogP contribution is 2.23. The van der Waals surface area contributed by atoms with Crippen molar-refractivity contribution in [1.29, 1.82) is 0 Å². The zero-order valence-corrected chi connectivity index (χ0v) is 11.9. The van der Waals surface area contributed by atoms with Gasteiger partial charge in [0.1, 0.15) is 5.82 Å². The van der Waals surface area contributed by atoms with E-state index in [4.69, 9.17) is 0 Å². The van der Waals surface area contributed by atoms with Crippen molar-refractivity contribution in [2.75, 3.05) is 0 Å². The standard InChI is InChI=1S/C17H11N3O3/c21-15-12-7-3-4-8-13(12)18-14(19-15)9-20-16(22)10-5-1-2-6-11(10)17(20)23/h1-8H,9H2,(H,18,19,21). The fourth-order valence-electron chi connectivity index (χ4n) is 2.74. The number of hydrogen-bond donors (Lipinski definition) is 1. The Balaban J connectivity index is 1.74. The Hall–Kier alpha value is -3.28. The van der Waals surface area contributed by atoms with Crippen molar-refractivity contribution in [3.8, 4) is 0 Å². The Morgan fingerprint density at radius 1 is 0.870 bits per heavy atom. The Bertz CT molecular complexity index is 988. The van der Waals surface area contributed by atoms with Crippen molar-refractivity contribution in [3.05, 3.63) is 75.8 Å². The van der Waals surface area contributed by atoms with Crippen molar-refractivity contribution in [2.24, 2.45) is 0 Å². The summed E-state index contributed by atoms with van der Waals surface area (Å²) < 4.78 is 0. The summed E-state index contributed by atoms with van der Waals surface area (Å²) in [5, 5.41) is 0.471. The third-order valence-electron chi connectivity index (χ3n) is 3.85. The summed E-state index contributed by atoms with van der Waals surface area (Å²) in [5.41, 5.74) is 0.992. The minimum absolute atomic E-state index is 0.0631. The number of carbonyl (C=O) groups excluding carboxylic acids is 2. The van der Waals surface area contributed by atoms with E-state index in [0.29, 0.717) is 22.0 Å². The van der Waals surface area contributed by atoms with Crippen LogP contribution in [0.15, 0.2) is 53.3 Å². The molecule has 0 atom stereocenters. The summed E-state index contributed by atoms with van der Waals surface area (Å²) in [6.07, 6.45) is 0. The molecule has 0 fully saturated rings. The molecule has 1 aromatic heterocycles. The van der Waals surface area contributed by atoms with E-state index in [9.17, 15) is 14.4 Å². The van der Waals surface area contributed by atoms with Gasteiger partial charge in [0, 0.05) is 0 Å². The maximum absolute atomic E-state index is 12.3. The monoisotopic (exact) mass is 305 g/mol. The molecule has 6 nitrogen and oxygen atoms in total. The first kappa shape index (κ1) is 13.4. The lowest BCUT2D eigenvalue weighted by Crippen LogP contribution is -2.31. The van der Waals surface area contributed by atoms with Gasteiger partial charge in [0.15, 0.2) is 0 Å². The number of imide groups is 1. The highest BCUT2D eigenvalue weighted by molar-refractivity contribution is 6.21. The van der Waals surface area contributed by atoms with E-state index in [0.717, 1.165) is 4.90 Å². The van der Waals surface area contributed by atoms with Crippen molar-refractivity contribution in [3.63, 3.8) is 0 Å². The molecule has 2 amide bonds. The number of para-hydroxylation sites is 1. The molecule has 1 aliphatic rings. The van der Waals surface area contributed by atoms with E-state index >= 15 is 0 Å². The molecule has 112 valence electrons. The lowest BCUT2D eigenvalue weighted by Gasteiger charge is -2.13. The number of aromatic amines is 1. The molecule has 4 rings (SSSR count). The average Bonchev–Trinajstić information content (AvgIpc) is 2.81. The number of benzene rings is 2. The zero-order chi connectivity index (χ0) is 16.0. The summed E-state index contributed by atoms with van der Waals surface area (Å²) in [7, 11) is 0. The summed E-state index contributed by atoms with van der Waals surface area (Å²) in [6, 6.07) is 13.6. The molecule has 3 aromatic rings. The number of carbonyl (C=O) groups is 2. The fourth-order valence-corrected chi connectivity index (χ4v) is 2.74. The third-order valence-corrected chi connectivity index (χ3v) is 3.85. The molecule has 23 heavy (non-hydrogen) atoms. The summed E-state index contributed by atoms with van der Waals surface area (Å²) in [5.74, 6) is -0.467. The predicted octanol–water partition coefficient (Wildman–Crippen LogP) is 1.72. The molecule has 1 N–H and O–H groups in total. The SMILES string of the molecule is O=C1c2ccccc2C(=O)N1Cc1nc2ccccc2c(=O)[nH]1. The van der Waals surface area contributed by atoms with Gasteiger partial charge in [-0.3, -0.25) is 19.3 Å². The van der Waals surface area contributed by atoms with E-state index in [1.807, 2.05) is 0 Å². The van der Waals surface area contributed by atoms with Crippen molar-refractivity contribution >= 4 is 22.7 Å². The van der Waals surface area contributed by atoms with E-state index < -0.39 is 0 Å². The van der Waals surface area contributed by atoms with Gasteiger partial charge >= 0.3 is 0 Å². The van der Waals surface area contributed by atoms with Crippen molar-refractivity contribution in [2.45, 2.75) is 6.54 Å². The van der Waals surface area contributed by atoms with Gasteiger partial charge in [-0.1, -0.05) is 24.3 Å². The van der Waals surface area contributed by atoms with Gasteiger partial charge in [-0.2, -0.15) is 0 Å². The Labute approximate surface area is 130 Å². The molecule has 0 radical (unpaired) electrons.